The van der Waals surface area contributed by atoms with Crippen molar-refractivity contribution in [3.8, 4) is 18.1 Å². The van der Waals surface area contributed by atoms with Gasteiger partial charge in [0.25, 0.3) is 0 Å². The lowest BCUT2D eigenvalue weighted by Crippen LogP contribution is -2.30. The van der Waals surface area contributed by atoms with Crippen LogP contribution in [-0.2, 0) is 11.3 Å². The van der Waals surface area contributed by atoms with Gasteiger partial charge in [0.05, 0.1) is 12.2 Å². The van der Waals surface area contributed by atoms with E-state index in [2.05, 4.69) is 5.92 Å². The molecule has 78 valence electrons. The van der Waals surface area contributed by atoms with E-state index in [9.17, 15) is 0 Å². The zero-order chi connectivity index (χ0) is 10.9. The third-order valence-corrected chi connectivity index (χ3v) is 2.42. The Balaban J connectivity index is 2.32. The van der Waals surface area contributed by atoms with Crippen molar-refractivity contribution < 1.29 is 9.47 Å². The van der Waals surface area contributed by atoms with Gasteiger partial charge in [-0.3, -0.25) is 0 Å². The fraction of sp³-hybridized carbons (Fsp3) is 0.385. The Labute approximate surface area is 90.2 Å². The van der Waals surface area contributed by atoms with E-state index in [4.69, 9.17) is 15.9 Å². The van der Waals surface area contributed by atoms with Crippen molar-refractivity contribution >= 4 is 0 Å². The first-order valence-electron chi connectivity index (χ1n) is 4.97. The summed E-state index contributed by atoms with van der Waals surface area (Å²) in [7, 11) is 0. The molecule has 0 amide bonds. The minimum absolute atomic E-state index is 0.241. The van der Waals surface area contributed by atoms with Crippen LogP contribution in [0.4, 0.5) is 0 Å². The van der Waals surface area contributed by atoms with Crippen molar-refractivity contribution in [1.29, 1.82) is 0 Å². The fourth-order valence-electron chi connectivity index (χ4n) is 1.49. The zero-order valence-corrected chi connectivity index (χ0v) is 9.04. The summed E-state index contributed by atoms with van der Waals surface area (Å²) in [6.45, 7) is 5.15. The quantitative estimate of drug-likeness (QED) is 0.601. The average molecular weight is 202 g/mol. The Hall–Kier alpha value is -1.46. The van der Waals surface area contributed by atoms with Gasteiger partial charge in [0.15, 0.2) is 0 Å². The van der Waals surface area contributed by atoms with Crippen LogP contribution in [0.2, 0.25) is 0 Å². The Morgan fingerprint density at radius 1 is 1.40 bits per heavy atom. The minimum Gasteiger partial charge on any atom is -0.490 e. The molecule has 1 aliphatic heterocycles. The molecular formula is C13H14O2. The van der Waals surface area contributed by atoms with E-state index in [1.807, 2.05) is 32.0 Å². The molecule has 0 atom stereocenters. The SMILES string of the molecule is C#Cc1ccc2c(c1)COC(C)(C)CO2. The van der Waals surface area contributed by atoms with E-state index in [0.717, 1.165) is 16.9 Å². The van der Waals surface area contributed by atoms with Crippen LogP contribution in [0.5, 0.6) is 5.75 Å². The Morgan fingerprint density at radius 2 is 2.20 bits per heavy atom. The molecule has 0 aromatic heterocycles. The molecule has 0 fully saturated rings. The van der Waals surface area contributed by atoms with E-state index < -0.39 is 0 Å². The first-order valence-corrected chi connectivity index (χ1v) is 4.97. The average Bonchev–Trinajstić information content (AvgIpc) is 2.38. The van der Waals surface area contributed by atoms with Gasteiger partial charge in [0.1, 0.15) is 12.4 Å². The predicted molar refractivity (Wildman–Crippen MR) is 58.7 cm³/mol. The van der Waals surface area contributed by atoms with Gasteiger partial charge in [-0.25, -0.2) is 0 Å². The maximum Gasteiger partial charge on any atom is 0.125 e. The highest BCUT2D eigenvalue weighted by atomic mass is 16.6. The predicted octanol–water partition coefficient (Wildman–Crippen LogP) is 2.36. The number of rotatable bonds is 0. The number of terminal acetylenes is 1. The molecule has 2 heteroatoms. The summed E-state index contributed by atoms with van der Waals surface area (Å²) in [4.78, 5) is 0. The normalized spacial score (nSPS) is 18.2. The number of hydrogen-bond donors (Lipinski definition) is 0. The molecule has 1 aromatic carbocycles. The number of ether oxygens (including phenoxy) is 2. The van der Waals surface area contributed by atoms with Crippen molar-refractivity contribution in [2.45, 2.75) is 26.1 Å². The smallest absolute Gasteiger partial charge is 0.125 e. The molecule has 0 bridgehead atoms. The van der Waals surface area contributed by atoms with Crippen LogP contribution >= 0.6 is 0 Å². The number of fused-ring (bicyclic) bond motifs is 1. The van der Waals surface area contributed by atoms with Gasteiger partial charge in [-0.2, -0.15) is 0 Å². The van der Waals surface area contributed by atoms with Crippen molar-refractivity contribution in [1.82, 2.24) is 0 Å². The summed E-state index contributed by atoms with van der Waals surface area (Å²) in [5.41, 5.74) is 1.65. The summed E-state index contributed by atoms with van der Waals surface area (Å²) in [5, 5.41) is 0. The zero-order valence-electron chi connectivity index (χ0n) is 9.04. The van der Waals surface area contributed by atoms with Crippen LogP contribution < -0.4 is 4.74 Å². The molecule has 0 saturated carbocycles. The Bertz CT molecular complexity index is 413. The summed E-state index contributed by atoms with van der Waals surface area (Å²) >= 11 is 0. The van der Waals surface area contributed by atoms with E-state index in [1.165, 1.54) is 0 Å². The summed E-state index contributed by atoms with van der Waals surface area (Å²) in [6, 6.07) is 5.74. The lowest BCUT2D eigenvalue weighted by atomic mass is 10.1. The molecule has 2 nitrogen and oxygen atoms in total. The van der Waals surface area contributed by atoms with Crippen LogP contribution in [0.25, 0.3) is 0 Å². The highest BCUT2D eigenvalue weighted by Gasteiger charge is 2.24. The van der Waals surface area contributed by atoms with Crippen LogP contribution in [0.1, 0.15) is 25.0 Å². The van der Waals surface area contributed by atoms with E-state index in [0.29, 0.717) is 13.2 Å². The first kappa shape index (κ1) is 10.1. The van der Waals surface area contributed by atoms with E-state index in [1.54, 1.807) is 0 Å². The molecule has 0 radical (unpaired) electrons. The monoisotopic (exact) mass is 202 g/mol. The van der Waals surface area contributed by atoms with Crippen LogP contribution in [0.3, 0.4) is 0 Å². The molecule has 0 N–H and O–H groups in total. The first-order chi connectivity index (χ1) is 7.11. The molecule has 15 heavy (non-hydrogen) atoms. The second-order valence-electron chi connectivity index (χ2n) is 4.30. The highest BCUT2D eigenvalue weighted by Crippen LogP contribution is 2.27. The molecule has 0 spiro atoms. The molecule has 1 aromatic rings. The molecule has 0 saturated heterocycles. The van der Waals surface area contributed by atoms with E-state index >= 15 is 0 Å². The van der Waals surface area contributed by atoms with Gasteiger partial charge >= 0.3 is 0 Å². The van der Waals surface area contributed by atoms with Crippen molar-refractivity contribution in [3.05, 3.63) is 29.3 Å². The molecule has 0 unspecified atom stereocenters. The van der Waals surface area contributed by atoms with Gasteiger partial charge in [-0.1, -0.05) is 5.92 Å². The topological polar surface area (TPSA) is 18.5 Å². The van der Waals surface area contributed by atoms with Gasteiger partial charge in [0.2, 0.25) is 0 Å². The summed E-state index contributed by atoms with van der Waals surface area (Å²) < 4.78 is 11.4. The van der Waals surface area contributed by atoms with Crippen LogP contribution in [0, 0.1) is 12.3 Å². The third kappa shape index (κ3) is 2.14. The Morgan fingerprint density at radius 3 is 2.93 bits per heavy atom. The second-order valence-corrected chi connectivity index (χ2v) is 4.30. The number of hydrogen-bond acceptors (Lipinski definition) is 2. The Kier molecular flexibility index (Phi) is 2.42. The number of benzene rings is 1. The largest absolute Gasteiger partial charge is 0.490 e. The van der Waals surface area contributed by atoms with Gasteiger partial charge < -0.3 is 9.47 Å². The molecule has 2 rings (SSSR count). The standard InChI is InChI=1S/C13H14O2/c1-4-10-5-6-12-11(7-10)8-15-13(2,3)9-14-12/h1,5-7H,8-9H2,2-3H3. The summed E-state index contributed by atoms with van der Waals surface area (Å²) in [5.74, 6) is 3.48. The van der Waals surface area contributed by atoms with Crippen molar-refractivity contribution in [3.63, 3.8) is 0 Å². The molecular weight excluding hydrogens is 188 g/mol. The van der Waals surface area contributed by atoms with Crippen LogP contribution in [-0.4, -0.2) is 12.2 Å². The van der Waals surface area contributed by atoms with Crippen LogP contribution in [0.15, 0.2) is 18.2 Å². The fourth-order valence-corrected chi connectivity index (χ4v) is 1.49. The maximum atomic E-state index is 5.72. The third-order valence-electron chi connectivity index (χ3n) is 2.42. The van der Waals surface area contributed by atoms with Gasteiger partial charge in [-0.15, -0.1) is 6.42 Å². The van der Waals surface area contributed by atoms with Gasteiger partial charge in [0, 0.05) is 11.1 Å². The summed E-state index contributed by atoms with van der Waals surface area (Å²) in [6.07, 6.45) is 5.34. The van der Waals surface area contributed by atoms with Gasteiger partial charge in [-0.05, 0) is 32.0 Å². The van der Waals surface area contributed by atoms with Crippen molar-refractivity contribution in [2.75, 3.05) is 6.61 Å². The van der Waals surface area contributed by atoms with Crippen molar-refractivity contribution in [2.24, 2.45) is 0 Å². The molecule has 0 aliphatic carbocycles. The lowest BCUT2D eigenvalue weighted by Gasteiger charge is -2.21. The van der Waals surface area contributed by atoms with E-state index in [-0.39, 0.29) is 5.60 Å². The molecule has 1 aliphatic rings. The molecule has 1 heterocycles. The second kappa shape index (κ2) is 3.60. The highest BCUT2D eigenvalue weighted by molar-refractivity contribution is 5.43. The maximum absolute atomic E-state index is 5.72. The minimum atomic E-state index is -0.241. The lowest BCUT2D eigenvalue weighted by molar-refractivity contribution is -0.0453.